The Morgan fingerprint density at radius 3 is 2.52 bits per heavy atom. The van der Waals surface area contributed by atoms with Crippen molar-refractivity contribution in [2.24, 2.45) is 0 Å². The van der Waals surface area contributed by atoms with Gasteiger partial charge in [0.15, 0.2) is 0 Å². The molecule has 4 rings (SSSR count). The molecule has 1 atom stereocenters. The van der Waals surface area contributed by atoms with Gasteiger partial charge in [-0.2, -0.15) is 0 Å². The van der Waals surface area contributed by atoms with E-state index in [1.54, 1.807) is 0 Å². The number of amides is 1. The van der Waals surface area contributed by atoms with Gasteiger partial charge in [0.1, 0.15) is 5.65 Å². The maximum atomic E-state index is 13.0. The predicted molar refractivity (Wildman–Crippen MR) is 109 cm³/mol. The normalized spacial score (nSPS) is 12.0. The largest absolute Gasteiger partial charge is 0.325 e. The van der Waals surface area contributed by atoms with E-state index >= 15 is 0 Å². The van der Waals surface area contributed by atoms with Crippen molar-refractivity contribution in [2.45, 2.75) is 19.3 Å². The summed E-state index contributed by atoms with van der Waals surface area (Å²) < 4.78 is 1.98. The van der Waals surface area contributed by atoms with E-state index in [4.69, 9.17) is 0 Å². The molecule has 0 aliphatic carbocycles. The second-order valence-electron chi connectivity index (χ2n) is 6.50. The van der Waals surface area contributed by atoms with Crippen LogP contribution in [-0.2, 0) is 4.79 Å². The molecule has 4 aromatic rings. The van der Waals surface area contributed by atoms with Gasteiger partial charge >= 0.3 is 0 Å². The fourth-order valence-corrected chi connectivity index (χ4v) is 3.36. The molecular formula is C23H21N3O. The Morgan fingerprint density at radius 1 is 1.00 bits per heavy atom. The standard InChI is InChI=1S/C23H21N3O/c1-2-18(17-10-4-3-5-11-17)23(27)25-20-13-7-6-12-19(20)21-16-26-15-9-8-14-22(26)24-21/h3-16,18H,2H2,1H3,(H,25,27). The van der Waals surface area contributed by atoms with E-state index in [9.17, 15) is 4.79 Å². The van der Waals surface area contributed by atoms with Gasteiger partial charge in [-0.3, -0.25) is 4.79 Å². The first-order valence-corrected chi connectivity index (χ1v) is 9.15. The van der Waals surface area contributed by atoms with Crippen molar-refractivity contribution in [1.29, 1.82) is 0 Å². The number of carbonyl (C=O) groups excluding carboxylic acids is 1. The number of nitrogens with zero attached hydrogens (tertiary/aromatic N) is 2. The second-order valence-corrected chi connectivity index (χ2v) is 6.50. The molecule has 1 amide bonds. The minimum Gasteiger partial charge on any atom is -0.325 e. The Labute approximate surface area is 158 Å². The van der Waals surface area contributed by atoms with Crippen molar-refractivity contribution in [3.63, 3.8) is 0 Å². The fraction of sp³-hybridized carbons (Fsp3) is 0.130. The molecule has 1 N–H and O–H groups in total. The third-order valence-electron chi connectivity index (χ3n) is 4.75. The number of hydrogen-bond acceptors (Lipinski definition) is 2. The first-order valence-electron chi connectivity index (χ1n) is 9.15. The van der Waals surface area contributed by atoms with Gasteiger partial charge in [0.05, 0.1) is 17.3 Å². The molecule has 0 spiro atoms. The molecule has 0 fully saturated rings. The first kappa shape index (κ1) is 17.0. The predicted octanol–water partition coefficient (Wildman–Crippen LogP) is 5.13. The van der Waals surface area contributed by atoms with Crippen molar-refractivity contribution >= 4 is 17.2 Å². The molecule has 0 bridgehead atoms. The summed E-state index contributed by atoms with van der Waals surface area (Å²) >= 11 is 0. The zero-order valence-corrected chi connectivity index (χ0v) is 15.2. The van der Waals surface area contributed by atoms with Crippen molar-refractivity contribution < 1.29 is 4.79 Å². The monoisotopic (exact) mass is 355 g/mol. The molecule has 4 heteroatoms. The molecule has 27 heavy (non-hydrogen) atoms. The highest BCUT2D eigenvalue weighted by Crippen LogP contribution is 2.29. The topological polar surface area (TPSA) is 46.4 Å². The van der Waals surface area contributed by atoms with E-state index in [-0.39, 0.29) is 11.8 Å². The summed E-state index contributed by atoms with van der Waals surface area (Å²) in [6, 6.07) is 23.6. The smallest absolute Gasteiger partial charge is 0.231 e. The lowest BCUT2D eigenvalue weighted by Crippen LogP contribution is -2.21. The highest BCUT2D eigenvalue weighted by Gasteiger charge is 2.20. The van der Waals surface area contributed by atoms with Crippen molar-refractivity contribution in [1.82, 2.24) is 9.38 Å². The van der Waals surface area contributed by atoms with Crippen molar-refractivity contribution in [3.8, 4) is 11.3 Å². The van der Waals surface area contributed by atoms with Crippen LogP contribution in [-0.4, -0.2) is 15.3 Å². The summed E-state index contributed by atoms with van der Waals surface area (Å²) in [4.78, 5) is 17.6. The number of imidazole rings is 1. The summed E-state index contributed by atoms with van der Waals surface area (Å²) in [7, 11) is 0. The number of nitrogens with one attached hydrogen (secondary N) is 1. The highest BCUT2D eigenvalue weighted by molar-refractivity contribution is 5.99. The van der Waals surface area contributed by atoms with Crippen LogP contribution in [0.4, 0.5) is 5.69 Å². The van der Waals surface area contributed by atoms with Crippen LogP contribution < -0.4 is 5.32 Å². The molecule has 1 unspecified atom stereocenters. The molecule has 2 heterocycles. The maximum Gasteiger partial charge on any atom is 0.231 e. The number of hydrogen-bond donors (Lipinski definition) is 1. The number of rotatable bonds is 5. The van der Waals surface area contributed by atoms with E-state index in [0.29, 0.717) is 0 Å². The van der Waals surface area contributed by atoms with Crippen LogP contribution in [0.25, 0.3) is 16.9 Å². The third-order valence-corrected chi connectivity index (χ3v) is 4.75. The lowest BCUT2D eigenvalue weighted by Gasteiger charge is -2.17. The van der Waals surface area contributed by atoms with Crippen molar-refractivity contribution in [2.75, 3.05) is 5.32 Å². The molecular weight excluding hydrogens is 334 g/mol. The zero-order valence-electron chi connectivity index (χ0n) is 15.2. The van der Waals surface area contributed by atoms with Gasteiger partial charge in [0.2, 0.25) is 5.91 Å². The number of para-hydroxylation sites is 1. The maximum absolute atomic E-state index is 13.0. The Morgan fingerprint density at radius 2 is 1.74 bits per heavy atom. The number of fused-ring (bicyclic) bond motifs is 1. The quantitative estimate of drug-likeness (QED) is 0.539. The molecule has 0 aliphatic rings. The number of carbonyl (C=O) groups is 1. The van der Waals surface area contributed by atoms with Crippen molar-refractivity contribution in [3.05, 3.63) is 90.8 Å². The SMILES string of the molecule is CCC(C(=O)Nc1ccccc1-c1cn2ccccc2n1)c1ccccc1. The number of pyridine rings is 1. The zero-order chi connectivity index (χ0) is 18.6. The van der Waals surface area contributed by atoms with Crippen LogP contribution in [0, 0.1) is 0 Å². The van der Waals surface area contributed by atoms with Crippen LogP contribution in [0.15, 0.2) is 85.2 Å². The molecule has 134 valence electrons. The van der Waals surface area contributed by atoms with Gasteiger partial charge in [-0.15, -0.1) is 0 Å². The van der Waals surface area contributed by atoms with Gasteiger partial charge in [-0.05, 0) is 30.2 Å². The van der Waals surface area contributed by atoms with Gasteiger partial charge in [-0.1, -0.05) is 61.5 Å². The molecule has 0 saturated carbocycles. The summed E-state index contributed by atoms with van der Waals surface area (Å²) in [5.74, 6) is -0.180. The molecule has 4 nitrogen and oxygen atoms in total. The van der Waals surface area contributed by atoms with Crippen LogP contribution >= 0.6 is 0 Å². The van der Waals surface area contributed by atoms with E-state index < -0.39 is 0 Å². The average Bonchev–Trinajstić information content (AvgIpc) is 3.14. The minimum atomic E-state index is -0.180. The summed E-state index contributed by atoms with van der Waals surface area (Å²) in [6.07, 6.45) is 4.69. The lowest BCUT2D eigenvalue weighted by molar-refractivity contribution is -0.117. The van der Waals surface area contributed by atoms with Gasteiger partial charge in [0, 0.05) is 18.0 Å². The molecule has 0 aliphatic heterocycles. The summed E-state index contributed by atoms with van der Waals surface area (Å²) in [5.41, 5.74) is 4.44. The Bertz CT molecular complexity index is 1040. The first-order chi connectivity index (χ1) is 13.3. The average molecular weight is 355 g/mol. The number of benzene rings is 2. The molecule has 0 saturated heterocycles. The molecule has 2 aromatic heterocycles. The second kappa shape index (κ2) is 7.46. The van der Waals surface area contributed by atoms with Crippen LogP contribution in [0.2, 0.25) is 0 Å². The van der Waals surface area contributed by atoms with E-state index in [1.165, 1.54) is 0 Å². The van der Waals surface area contributed by atoms with E-state index in [1.807, 2.05) is 96.5 Å². The highest BCUT2D eigenvalue weighted by atomic mass is 16.1. The van der Waals surface area contributed by atoms with Gasteiger partial charge in [0.25, 0.3) is 0 Å². The van der Waals surface area contributed by atoms with Gasteiger partial charge in [-0.25, -0.2) is 4.98 Å². The number of anilines is 1. The summed E-state index contributed by atoms with van der Waals surface area (Å²) in [5, 5.41) is 3.11. The molecule has 0 radical (unpaired) electrons. The Kier molecular flexibility index (Phi) is 4.71. The minimum absolute atomic E-state index is 0.0000795. The van der Waals surface area contributed by atoms with E-state index in [2.05, 4.69) is 10.3 Å². The molecule has 2 aromatic carbocycles. The lowest BCUT2D eigenvalue weighted by atomic mass is 9.95. The van der Waals surface area contributed by atoms with Gasteiger partial charge < -0.3 is 9.72 Å². The summed E-state index contributed by atoms with van der Waals surface area (Å²) in [6.45, 7) is 2.03. The van der Waals surface area contributed by atoms with Crippen LogP contribution in [0.1, 0.15) is 24.8 Å². The Hall–Kier alpha value is -3.40. The van der Waals surface area contributed by atoms with E-state index in [0.717, 1.165) is 34.6 Å². The van der Waals surface area contributed by atoms with Crippen LogP contribution in [0.3, 0.4) is 0 Å². The number of aromatic nitrogens is 2. The fourth-order valence-electron chi connectivity index (χ4n) is 3.36. The Balaban J connectivity index is 1.66. The van der Waals surface area contributed by atoms with Crippen LogP contribution in [0.5, 0.6) is 0 Å². The third kappa shape index (κ3) is 3.47.